The first-order valence-corrected chi connectivity index (χ1v) is 9.37. The Balaban J connectivity index is 1.92. The van der Waals surface area contributed by atoms with Crippen molar-refractivity contribution in [2.45, 2.75) is 25.9 Å². The molecule has 0 bridgehead atoms. The fourth-order valence-electron chi connectivity index (χ4n) is 3.92. The van der Waals surface area contributed by atoms with Crippen LogP contribution in [0, 0.1) is 18.2 Å². The number of halogens is 1. The van der Waals surface area contributed by atoms with Gasteiger partial charge >= 0.3 is 5.97 Å². The summed E-state index contributed by atoms with van der Waals surface area (Å²) in [5, 5.41) is 20.6. The van der Waals surface area contributed by atoms with Crippen LogP contribution in [-0.2, 0) is 11.2 Å². The summed E-state index contributed by atoms with van der Waals surface area (Å²) < 4.78 is 18.5. The molecule has 154 valence electrons. The second kappa shape index (κ2) is 8.21. The van der Waals surface area contributed by atoms with Gasteiger partial charge in [0, 0.05) is 24.2 Å². The molecule has 0 unspecified atom stereocenters. The summed E-state index contributed by atoms with van der Waals surface area (Å²) in [6.07, 6.45) is -0.993. The molecule has 2 aromatic rings. The second-order valence-electron chi connectivity index (χ2n) is 7.43. The van der Waals surface area contributed by atoms with Crippen molar-refractivity contribution in [2.75, 3.05) is 20.2 Å². The summed E-state index contributed by atoms with van der Waals surface area (Å²) in [5.74, 6) is -1.34. The van der Waals surface area contributed by atoms with Gasteiger partial charge in [-0.1, -0.05) is 18.2 Å². The number of ether oxygens (including phenoxy) is 1. The topological polar surface area (TPSA) is 87.1 Å². The van der Waals surface area contributed by atoms with Gasteiger partial charge in [-0.15, -0.1) is 0 Å². The quantitative estimate of drug-likeness (QED) is 0.804. The van der Waals surface area contributed by atoms with Gasteiger partial charge in [0.15, 0.2) is 0 Å². The second-order valence-corrected chi connectivity index (χ2v) is 7.43. The van der Waals surface area contributed by atoms with Gasteiger partial charge < -0.3 is 19.8 Å². The molecule has 2 aromatic carbocycles. The van der Waals surface area contributed by atoms with E-state index in [1.54, 1.807) is 25.1 Å². The molecule has 1 fully saturated rings. The van der Waals surface area contributed by atoms with E-state index in [0.29, 0.717) is 22.4 Å². The molecule has 29 heavy (non-hydrogen) atoms. The number of benzene rings is 2. The Morgan fingerprint density at radius 3 is 2.55 bits per heavy atom. The summed E-state index contributed by atoms with van der Waals surface area (Å²) in [4.78, 5) is 26.9. The minimum absolute atomic E-state index is 0.00927. The van der Waals surface area contributed by atoms with Crippen LogP contribution < -0.4 is 4.74 Å². The fourth-order valence-corrected chi connectivity index (χ4v) is 3.92. The highest BCUT2D eigenvalue weighted by Gasteiger charge is 2.50. The van der Waals surface area contributed by atoms with Crippen molar-refractivity contribution < 1.29 is 28.9 Å². The van der Waals surface area contributed by atoms with Crippen LogP contribution in [0.15, 0.2) is 42.5 Å². The summed E-state index contributed by atoms with van der Waals surface area (Å²) in [5.41, 5.74) is 0.116. The predicted molar refractivity (Wildman–Crippen MR) is 104 cm³/mol. The van der Waals surface area contributed by atoms with Crippen LogP contribution >= 0.6 is 0 Å². The van der Waals surface area contributed by atoms with Crippen molar-refractivity contribution in [2.24, 2.45) is 5.41 Å². The number of carboxylic acid groups (broad SMARTS) is 1. The van der Waals surface area contributed by atoms with E-state index in [1.807, 2.05) is 0 Å². The molecular weight excluding hydrogens is 377 g/mol. The molecule has 1 aliphatic heterocycles. The molecule has 1 saturated heterocycles. The molecule has 0 aromatic heterocycles. The highest BCUT2D eigenvalue weighted by molar-refractivity contribution is 5.96. The monoisotopic (exact) mass is 401 g/mol. The summed E-state index contributed by atoms with van der Waals surface area (Å²) in [6.45, 7) is 1.87. The minimum atomic E-state index is -1.57. The van der Waals surface area contributed by atoms with Crippen molar-refractivity contribution in [3.05, 3.63) is 65.0 Å². The van der Waals surface area contributed by atoms with Crippen LogP contribution in [0.25, 0.3) is 0 Å². The standard InChI is InChI=1S/C22H24FNO5/c1-14-17(4-3-5-18(14)29-2)20(26)24-11-10-19(25)22(13-24,21(27)28)12-15-6-8-16(23)9-7-15/h3-9,19,25H,10-13H2,1-2H3,(H,27,28)/t19-,22-/m1/s1. The Bertz CT molecular complexity index is 914. The number of carbonyl (C=O) groups is 2. The fraction of sp³-hybridized carbons (Fsp3) is 0.364. The normalized spacial score (nSPS) is 21.7. The molecular formula is C22H24FNO5. The first kappa shape index (κ1) is 20.8. The first-order valence-electron chi connectivity index (χ1n) is 9.37. The van der Waals surface area contributed by atoms with Crippen LogP contribution in [0.1, 0.15) is 27.9 Å². The number of hydrogen-bond acceptors (Lipinski definition) is 4. The van der Waals surface area contributed by atoms with Gasteiger partial charge in [-0.3, -0.25) is 9.59 Å². The maximum Gasteiger partial charge on any atom is 0.314 e. The van der Waals surface area contributed by atoms with E-state index in [-0.39, 0.29) is 31.8 Å². The van der Waals surface area contributed by atoms with Gasteiger partial charge in [0.2, 0.25) is 0 Å². The lowest BCUT2D eigenvalue weighted by molar-refractivity contribution is -0.161. The van der Waals surface area contributed by atoms with E-state index in [1.165, 1.54) is 36.3 Å². The number of aliphatic carboxylic acids is 1. The molecule has 2 atom stereocenters. The van der Waals surface area contributed by atoms with Crippen LogP contribution in [0.5, 0.6) is 5.75 Å². The average molecular weight is 401 g/mol. The molecule has 1 heterocycles. The molecule has 7 heteroatoms. The van der Waals surface area contributed by atoms with Gasteiger partial charge in [-0.2, -0.15) is 0 Å². The van der Waals surface area contributed by atoms with E-state index in [0.717, 1.165) is 0 Å². The Morgan fingerprint density at radius 1 is 1.24 bits per heavy atom. The highest BCUT2D eigenvalue weighted by atomic mass is 19.1. The summed E-state index contributed by atoms with van der Waals surface area (Å²) in [7, 11) is 1.52. The van der Waals surface area contributed by atoms with Crippen molar-refractivity contribution in [3.63, 3.8) is 0 Å². The number of rotatable bonds is 5. The predicted octanol–water partition coefficient (Wildman–Crippen LogP) is 2.66. The molecule has 0 saturated carbocycles. The van der Waals surface area contributed by atoms with Gasteiger partial charge in [0.05, 0.1) is 13.2 Å². The molecule has 6 nitrogen and oxygen atoms in total. The lowest BCUT2D eigenvalue weighted by Crippen LogP contribution is -2.58. The van der Waals surface area contributed by atoms with Crippen LogP contribution in [0.3, 0.4) is 0 Å². The number of piperidine rings is 1. The molecule has 0 radical (unpaired) electrons. The van der Waals surface area contributed by atoms with Gasteiger partial charge in [0.1, 0.15) is 17.0 Å². The Labute approximate surface area is 168 Å². The van der Waals surface area contributed by atoms with Crippen molar-refractivity contribution >= 4 is 11.9 Å². The highest BCUT2D eigenvalue weighted by Crippen LogP contribution is 2.36. The largest absolute Gasteiger partial charge is 0.496 e. The van der Waals surface area contributed by atoms with E-state index < -0.39 is 23.3 Å². The number of amides is 1. The lowest BCUT2D eigenvalue weighted by atomic mass is 9.72. The third-order valence-electron chi connectivity index (χ3n) is 5.66. The number of aliphatic hydroxyl groups excluding tert-OH is 1. The van der Waals surface area contributed by atoms with Gasteiger partial charge in [-0.05, 0) is 49.6 Å². The van der Waals surface area contributed by atoms with Crippen molar-refractivity contribution in [3.8, 4) is 5.75 Å². The van der Waals surface area contributed by atoms with Crippen molar-refractivity contribution in [1.29, 1.82) is 0 Å². The number of methoxy groups -OCH3 is 1. The minimum Gasteiger partial charge on any atom is -0.496 e. The summed E-state index contributed by atoms with van der Waals surface area (Å²) >= 11 is 0. The molecule has 3 rings (SSSR count). The van der Waals surface area contributed by atoms with E-state index >= 15 is 0 Å². The molecule has 0 spiro atoms. The number of carboxylic acids is 1. The van der Waals surface area contributed by atoms with Crippen LogP contribution in [-0.4, -0.2) is 53.3 Å². The average Bonchev–Trinajstić information content (AvgIpc) is 2.71. The Morgan fingerprint density at radius 2 is 1.93 bits per heavy atom. The number of aliphatic hydroxyl groups is 1. The maximum atomic E-state index is 13.2. The van der Waals surface area contributed by atoms with E-state index in [4.69, 9.17) is 4.74 Å². The van der Waals surface area contributed by atoms with Crippen LogP contribution in [0.4, 0.5) is 4.39 Å². The number of carbonyl (C=O) groups excluding carboxylic acids is 1. The zero-order chi connectivity index (χ0) is 21.2. The number of hydrogen-bond donors (Lipinski definition) is 2. The Kier molecular flexibility index (Phi) is 5.88. The Hall–Kier alpha value is -2.93. The molecule has 1 aliphatic rings. The molecule has 0 aliphatic carbocycles. The van der Waals surface area contributed by atoms with Gasteiger partial charge in [0.25, 0.3) is 5.91 Å². The van der Waals surface area contributed by atoms with E-state index in [2.05, 4.69) is 0 Å². The first-order chi connectivity index (χ1) is 13.8. The maximum absolute atomic E-state index is 13.2. The van der Waals surface area contributed by atoms with Crippen molar-refractivity contribution in [1.82, 2.24) is 4.90 Å². The third kappa shape index (κ3) is 3.96. The lowest BCUT2D eigenvalue weighted by Gasteiger charge is -2.43. The number of nitrogens with zero attached hydrogens (tertiary/aromatic N) is 1. The summed E-state index contributed by atoms with van der Waals surface area (Å²) in [6, 6.07) is 10.6. The zero-order valence-electron chi connectivity index (χ0n) is 16.4. The molecule has 1 amide bonds. The third-order valence-corrected chi connectivity index (χ3v) is 5.66. The van der Waals surface area contributed by atoms with Gasteiger partial charge in [-0.25, -0.2) is 4.39 Å². The SMILES string of the molecule is COc1cccc(C(=O)N2CC[C@@H](O)[C@](Cc3ccc(F)cc3)(C(=O)O)C2)c1C. The zero-order valence-corrected chi connectivity index (χ0v) is 16.4. The number of likely N-dealkylation sites (tertiary alicyclic amines) is 1. The van der Waals surface area contributed by atoms with E-state index in [9.17, 15) is 24.2 Å². The smallest absolute Gasteiger partial charge is 0.314 e. The molecule has 2 N–H and O–H groups in total. The van der Waals surface area contributed by atoms with Crippen LogP contribution in [0.2, 0.25) is 0 Å².